The summed E-state index contributed by atoms with van der Waals surface area (Å²) in [6.07, 6.45) is 5.22. The normalized spacial score (nSPS) is 19.7. The van der Waals surface area contributed by atoms with E-state index in [0.717, 1.165) is 25.7 Å². The number of carbonyl (C=O) groups is 2. The first kappa shape index (κ1) is 32.1. The molecule has 11 nitrogen and oxygen atoms in total. The second-order valence-corrected chi connectivity index (χ2v) is 10.7. The van der Waals surface area contributed by atoms with Gasteiger partial charge >= 0.3 is 6.09 Å². The van der Waals surface area contributed by atoms with Crippen LogP contribution < -0.4 is 27.2 Å². The molecule has 1 unspecified atom stereocenters. The molecule has 2 heterocycles. The van der Waals surface area contributed by atoms with Crippen LogP contribution in [0.5, 0.6) is 0 Å². The fourth-order valence-corrected chi connectivity index (χ4v) is 4.39. The third-order valence-corrected chi connectivity index (χ3v) is 6.24. The van der Waals surface area contributed by atoms with Crippen LogP contribution >= 0.6 is 0 Å². The van der Waals surface area contributed by atoms with E-state index in [4.69, 9.17) is 9.84 Å². The van der Waals surface area contributed by atoms with Crippen LogP contribution in [0.4, 0.5) is 14.9 Å². The number of nitrogens with one attached hydrogen (secondary N) is 4. The summed E-state index contributed by atoms with van der Waals surface area (Å²) in [6, 6.07) is 3.02. The highest BCUT2D eigenvalue weighted by atomic mass is 19.1. The summed E-state index contributed by atoms with van der Waals surface area (Å²) in [5.41, 5.74) is 5.55. The summed E-state index contributed by atoms with van der Waals surface area (Å²) < 4.78 is 21.0. The number of alkyl halides is 1. The lowest BCUT2D eigenvalue weighted by Crippen LogP contribution is -2.41. The van der Waals surface area contributed by atoms with Gasteiger partial charge in [0.05, 0.1) is 18.8 Å². The maximum absolute atomic E-state index is 14.3. The number of hydrogen-bond acceptors (Lipinski definition) is 8. The van der Waals surface area contributed by atoms with E-state index in [1.54, 1.807) is 18.5 Å². The van der Waals surface area contributed by atoms with Crippen LogP contribution in [-0.4, -0.2) is 57.6 Å². The molecule has 1 aliphatic heterocycles. The minimum Gasteiger partial charge on any atom is -0.444 e. The summed E-state index contributed by atoms with van der Waals surface area (Å²) in [7, 11) is 0. The predicted molar refractivity (Wildman–Crippen MR) is 152 cm³/mol. The molecule has 1 fully saturated rings. The monoisotopic (exact) mass is 556 g/mol. The van der Waals surface area contributed by atoms with Crippen LogP contribution in [0.25, 0.3) is 0 Å². The van der Waals surface area contributed by atoms with Gasteiger partial charge in [0.1, 0.15) is 11.8 Å². The van der Waals surface area contributed by atoms with Gasteiger partial charge in [-0.2, -0.15) is 0 Å². The number of aryl methyl sites for hydroxylation is 1. The quantitative estimate of drug-likeness (QED) is 0.295. The summed E-state index contributed by atoms with van der Waals surface area (Å²) in [5, 5.41) is 16.2. The van der Waals surface area contributed by atoms with Gasteiger partial charge in [-0.05, 0) is 64.9 Å². The van der Waals surface area contributed by atoms with Gasteiger partial charge in [0.15, 0.2) is 0 Å². The Balaban J connectivity index is 0.00000391. The van der Waals surface area contributed by atoms with Gasteiger partial charge in [0.25, 0.3) is 5.56 Å². The number of anilines is 1. The Labute approximate surface area is 233 Å². The second-order valence-electron chi connectivity index (χ2n) is 10.7. The topological polar surface area (TPSA) is 137 Å². The number of ether oxygens (including phenoxy) is 1. The minimum absolute atomic E-state index is 0. The van der Waals surface area contributed by atoms with E-state index < -0.39 is 17.9 Å². The van der Waals surface area contributed by atoms with Crippen LogP contribution in [0, 0.1) is 5.92 Å². The first-order valence-electron chi connectivity index (χ1n) is 13.7. The molecule has 2 aliphatic rings. The number of rotatable bonds is 10. The number of aliphatic hydroxyl groups excluding tert-OH is 1. The summed E-state index contributed by atoms with van der Waals surface area (Å²) in [6.45, 7) is 9.56. The SMILES string of the molecule is CC.CC(C)(C)OC(=O)NC1CCC(CC(=O)Nc2ccn(CCC(F)CN3C=C(CO)NN3)c(=O)c2)CC1.[HH].[HH]. The number of carbonyl (C=O) groups excluding carboxylic acids is 2. The van der Waals surface area contributed by atoms with Gasteiger partial charge in [0.2, 0.25) is 5.91 Å². The number of pyridine rings is 1. The molecule has 2 amide bonds. The number of amides is 2. The Bertz CT molecular complexity index is 1030. The molecule has 224 valence electrons. The van der Waals surface area contributed by atoms with Gasteiger partial charge in [0, 0.05) is 46.0 Å². The molecule has 39 heavy (non-hydrogen) atoms. The molecule has 0 radical (unpaired) electrons. The van der Waals surface area contributed by atoms with Crippen LogP contribution in [0.15, 0.2) is 35.0 Å². The molecular weight excluding hydrogens is 507 g/mol. The van der Waals surface area contributed by atoms with E-state index in [0.29, 0.717) is 17.8 Å². The number of nitrogens with zero attached hydrogens (tertiary/aromatic N) is 2. The number of halogens is 1. The Morgan fingerprint density at radius 2 is 1.95 bits per heavy atom. The molecule has 0 spiro atoms. The van der Waals surface area contributed by atoms with Crippen LogP contribution in [0.3, 0.4) is 0 Å². The fourth-order valence-electron chi connectivity index (χ4n) is 4.39. The van der Waals surface area contributed by atoms with E-state index in [-0.39, 0.29) is 52.4 Å². The highest BCUT2D eigenvalue weighted by Gasteiger charge is 2.26. The average molecular weight is 557 g/mol. The zero-order chi connectivity index (χ0) is 29.0. The molecule has 3 rings (SSSR count). The number of hydrogen-bond donors (Lipinski definition) is 5. The third kappa shape index (κ3) is 11.7. The molecule has 1 aromatic heterocycles. The minimum atomic E-state index is -1.19. The zero-order valence-corrected chi connectivity index (χ0v) is 23.8. The van der Waals surface area contributed by atoms with Crippen molar-refractivity contribution in [2.75, 3.05) is 18.5 Å². The van der Waals surface area contributed by atoms with Crippen molar-refractivity contribution in [2.45, 2.75) is 97.5 Å². The third-order valence-electron chi connectivity index (χ3n) is 6.24. The Hall–Kier alpha value is -3.12. The van der Waals surface area contributed by atoms with Crippen LogP contribution in [-0.2, 0) is 16.1 Å². The summed E-state index contributed by atoms with van der Waals surface area (Å²) in [4.78, 5) is 36.9. The van der Waals surface area contributed by atoms with Crippen LogP contribution in [0.2, 0.25) is 0 Å². The van der Waals surface area contributed by atoms with Crippen molar-refractivity contribution in [3.8, 4) is 0 Å². The molecule has 12 heteroatoms. The smallest absolute Gasteiger partial charge is 0.407 e. The molecule has 1 saturated carbocycles. The van der Waals surface area contributed by atoms with Gasteiger partial charge < -0.3 is 30.5 Å². The second kappa shape index (κ2) is 15.5. The lowest BCUT2D eigenvalue weighted by Gasteiger charge is -2.29. The lowest BCUT2D eigenvalue weighted by molar-refractivity contribution is -0.117. The van der Waals surface area contributed by atoms with Gasteiger partial charge in [-0.25, -0.2) is 9.18 Å². The van der Waals surface area contributed by atoms with Crippen molar-refractivity contribution < 1.29 is 26.7 Å². The Morgan fingerprint density at radius 3 is 2.54 bits per heavy atom. The van der Waals surface area contributed by atoms with Gasteiger partial charge in [-0.15, -0.1) is 5.53 Å². The van der Waals surface area contributed by atoms with E-state index in [1.807, 2.05) is 34.6 Å². The van der Waals surface area contributed by atoms with Crippen molar-refractivity contribution in [3.63, 3.8) is 0 Å². The van der Waals surface area contributed by atoms with Crippen LogP contribution in [0.1, 0.15) is 76.0 Å². The Kier molecular flexibility index (Phi) is 12.7. The average Bonchev–Trinajstić information content (AvgIpc) is 3.32. The number of aliphatic hydroxyl groups is 1. The first-order valence-corrected chi connectivity index (χ1v) is 13.7. The molecule has 1 aromatic rings. The first-order chi connectivity index (χ1) is 18.5. The van der Waals surface area contributed by atoms with Gasteiger partial charge in [-0.3, -0.25) is 14.6 Å². The van der Waals surface area contributed by atoms with E-state index in [1.165, 1.54) is 15.6 Å². The molecule has 1 atom stereocenters. The maximum atomic E-state index is 14.3. The highest BCUT2D eigenvalue weighted by Crippen LogP contribution is 2.27. The largest absolute Gasteiger partial charge is 0.444 e. The predicted octanol–water partition coefficient (Wildman–Crippen LogP) is 3.67. The number of aromatic nitrogens is 1. The van der Waals surface area contributed by atoms with Crippen molar-refractivity contribution in [1.29, 1.82) is 0 Å². The molecular formula is C27H49FN6O5. The number of alkyl carbamates (subject to hydrolysis) is 1. The molecule has 1 aliphatic carbocycles. The molecule has 5 N–H and O–H groups in total. The zero-order valence-electron chi connectivity index (χ0n) is 23.8. The molecule has 0 saturated heterocycles. The van der Waals surface area contributed by atoms with E-state index >= 15 is 0 Å². The highest BCUT2D eigenvalue weighted by molar-refractivity contribution is 5.90. The van der Waals surface area contributed by atoms with E-state index in [2.05, 4.69) is 21.6 Å². The molecule has 0 bridgehead atoms. The van der Waals surface area contributed by atoms with Crippen molar-refractivity contribution in [3.05, 3.63) is 40.6 Å². The number of hydrazine groups is 2. The van der Waals surface area contributed by atoms with E-state index in [9.17, 15) is 18.8 Å². The lowest BCUT2D eigenvalue weighted by atomic mass is 9.84. The summed E-state index contributed by atoms with van der Waals surface area (Å²) >= 11 is 0. The maximum Gasteiger partial charge on any atom is 0.407 e. The Morgan fingerprint density at radius 1 is 1.26 bits per heavy atom. The standard InChI is InChI=1S/C25H39FN6O5.C2H6.2H2/c1-25(2,3)37-24(36)28-19-6-4-17(5-7-19)12-22(34)27-20-9-11-31(23(35)13-20)10-8-18(26)14-32-15-21(16-33)29-30-32;1-2;;/h9,11,13,15,17-19,29-30,33H,4-8,10,12,14,16H2,1-3H3,(H,27,34)(H,28,36);1-2H3;2*1H. The van der Waals surface area contributed by atoms with Crippen molar-refractivity contribution in [2.24, 2.45) is 5.92 Å². The molecule has 0 aromatic carbocycles. The summed E-state index contributed by atoms with van der Waals surface area (Å²) in [5.74, 6) is 0.0497. The van der Waals surface area contributed by atoms with Crippen molar-refractivity contribution in [1.82, 2.24) is 25.9 Å². The fraction of sp³-hybridized carbons (Fsp3) is 0.667. The van der Waals surface area contributed by atoms with Gasteiger partial charge in [-0.1, -0.05) is 13.8 Å². The van der Waals surface area contributed by atoms with Crippen molar-refractivity contribution >= 4 is 17.7 Å².